The largest absolute Gasteiger partial charge is 0.462 e. The number of esters is 2. The van der Waals surface area contributed by atoms with E-state index in [1.807, 2.05) is 6.08 Å². The number of hydrogen-bond acceptors (Lipinski definition) is 5. The van der Waals surface area contributed by atoms with Crippen LogP contribution in [-0.4, -0.2) is 35.9 Å². The van der Waals surface area contributed by atoms with Crippen LogP contribution in [0, 0.1) is 11.8 Å². The topological polar surface area (TPSA) is 72.8 Å². The maximum Gasteiger partial charge on any atom is 0.334 e. The van der Waals surface area contributed by atoms with E-state index in [9.17, 15) is 14.7 Å². The van der Waals surface area contributed by atoms with Crippen molar-refractivity contribution in [3.05, 3.63) is 23.3 Å². The molecular weight excluding hydrogens is 284 g/mol. The van der Waals surface area contributed by atoms with E-state index in [1.54, 1.807) is 6.08 Å². The Kier molecular flexibility index (Phi) is 6.35. The third kappa shape index (κ3) is 4.70. The fourth-order valence-electron chi connectivity index (χ4n) is 2.54. The molecule has 1 saturated heterocycles. The summed E-state index contributed by atoms with van der Waals surface area (Å²) >= 11 is 0. The lowest BCUT2D eigenvalue weighted by atomic mass is 9.91. The summed E-state index contributed by atoms with van der Waals surface area (Å²) in [4.78, 5) is 22.9. The molecule has 0 spiro atoms. The van der Waals surface area contributed by atoms with Crippen molar-refractivity contribution in [1.82, 2.24) is 0 Å². The number of aliphatic hydroxyl groups is 1. The molecule has 1 atom stereocenters. The van der Waals surface area contributed by atoms with Crippen molar-refractivity contribution in [2.45, 2.75) is 46.6 Å². The molecule has 0 saturated carbocycles. The summed E-state index contributed by atoms with van der Waals surface area (Å²) in [5.74, 6) is -0.164. The SMILES string of the molecule is CC(=O)OCC1(CO)C/C(=C\C=C(C(C)C)C(C)C)C(=O)O1. The number of hydrogen-bond donors (Lipinski definition) is 1. The molecule has 0 aromatic rings. The lowest BCUT2D eigenvalue weighted by Crippen LogP contribution is -2.39. The van der Waals surface area contributed by atoms with Crippen molar-refractivity contribution in [3.8, 4) is 0 Å². The van der Waals surface area contributed by atoms with Gasteiger partial charge in [0.2, 0.25) is 0 Å². The zero-order valence-electron chi connectivity index (χ0n) is 14.0. The zero-order chi connectivity index (χ0) is 16.9. The van der Waals surface area contributed by atoms with Crippen LogP contribution >= 0.6 is 0 Å². The van der Waals surface area contributed by atoms with E-state index in [0.717, 1.165) is 0 Å². The zero-order valence-corrected chi connectivity index (χ0v) is 14.0. The quantitative estimate of drug-likeness (QED) is 0.602. The first-order valence-corrected chi connectivity index (χ1v) is 7.59. The van der Waals surface area contributed by atoms with Crippen molar-refractivity contribution in [2.24, 2.45) is 11.8 Å². The van der Waals surface area contributed by atoms with Gasteiger partial charge in [-0.3, -0.25) is 4.79 Å². The van der Waals surface area contributed by atoms with Gasteiger partial charge in [0.25, 0.3) is 0 Å². The Morgan fingerprint density at radius 3 is 2.41 bits per heavy atom. The molecule has 5 nitrogen and oxygen atoms in total. The minimum Gasteiger partial charge on any atom is -0.462 e. The Hall–Kier alpha value is -1.62. The van der Waals surface area contributed by atoms with Crippen LogP contribution in [0.2, 0.25) is 0 Å². The fourth-order valence-corrected chi connectivity index (χ4v) is 2.54. The van der Waals surface area contributed by atoms with Crippen molar-refractivity contribution < 1.29 is 24.2 Å². The molecule has 1 unspecified atom stereocenters. The van der Waals surface area contributed by atoms with Gasteiger partial charge in [0, 0.05) is 18.9 Å². The highest BCUT2D eigenvalue weighted by molar-refractivity contribution is 5.91. The van der Waals surface area contributed by atoms with Crippen LogP contribution < -0.4 is 0 Å². The van der Waals surface area contributed by atoms with Gasteiger partial charge in [-0.1, -0.05) is 45.4 Å². The number of allylic oxidation sites excluding steroid dienone is 3. The molecule has 22 heavy (non-hydrogen) atoms. The number of aliphatic hydroxyl groups excluding tert-OH is 1. The van der Waals surface area contributed by atoms with Crippen LogP contribution in [0.1, 0.15) is 41.0 Å². The molecule has 1 N–H and O–H groups in total. The fraction of sp³-hybridized carbons (Fsp3) is 0.647. The summed E-state index contributed by atoms with van der Waals surface area (Å²) in [7, 11) is 0. The number of cyclic esters (lactones) is 1. The normalized spacial score (nSPS) is 23.1. The molecule has 0 aliphatic carbocycles. The van der Waals surface area contributed by atoms with E-state index in [4.69, 9.17) is 9.47 Å². The van der Waals surface area contributed by atoms with Gasteiger partial charge >= 0.3 is 11.9 Å². The molecule has 5 heteroatoms. The molecule has 1 fully saturated rings. The van der Waals surface area contributed by atoms with E-state index >= 15 is 0 Å². The van der Waals surface area contributed by atoms with E-state index in [2.05, 4.69) is 27.7 Å². The molecule has 0 radical (unpaired) electrons. The molecule has 1 aliphatic rings. The summed E-state index contributed by atoms with van der Waals surface area (Å²) < 4.78 is 10.2. The lowest BCUT2D eigenvalue weighted by molar-refractivity contribution is -0.164. The summed E-state index contributed by atoms with van der Waals surface area (Å²) in [5, 5.41) is 9.51. The Morgan fingerprint density at radius 2 is 1.95 bits per heavy atom. The van der Waals surface area contributed by atoms with Crippen molar-refractivity contribution >= 4 is 11.9 Å². The summed E-state index contributed by atoms with van der Waals surface area (Å²) in [5.41, 5.74) is 0.569. The maximum absolute atomic E-state index is 12.0. The summed E-state index contributed by atoms with van der Waals surface area (Å²) in [6.07, 6.45) is 3.93. The van der Waals surface area contributed by atoms with Crippen molar-refractivity contribution in [2.75, 3.05) is 13.2 Å². The van der Waals surface area contributed by atoms with Gasteiger partial charge in [0.15, 0.2) is 5.60 Å². The Morgan fingerprint density at radius 1 is 1.36 bits per heavy atom. The van der Waals surface area contributed by atoms with Gasteiger partial charge in [-0.25, -0.2) is 4.79 Å². The van der Waals surface area contributed by atoms with Crippen molar-refractivity contribution in [1.29, 1.82) is 0 Å². The highest BCUT2D eigenvalue weighted by atomic mass is 16.6. The average molecular weight is 310 g/mol. The predicted octanol–water partition coefficient (Wildman–Crippen LogP) is 2.39. The molecule has 124 valence electrons. The number of carbonyl (C=O) groups excluding carboxylic acids is 2. The van der Waals surface area contributed by atoms with E-state index in [1.165, 1.54) is 12.5 Å². The van der Waals surface area contributed by atoms with Crippen LogP contribution in [-0.2, 0) is 19.1 Å². The second kappa shape index (κ2) is 7.58. The van der Waals surface area contributed by atoms with Crippen LogP contribution in [0.5, 0.6) is 0 Å². The first kappa shape index (κ1) is 18.4. The van der Waals surface area contributed by atoms with Gasteiger partial charge in [-0.15, -0.1) is 0 Å². The molecule has 0 aromatic heterocycles. The Bertz CT molecular complexity index is 477. The predicted molar refractivity (Wildman–Crippen MR) is 83.0 cm³/mol. The highest BCUT2D eigenvalue weighted by Gasteiger charge is 2.44. The van der Waals surface area contributed by atoms with Crippen molar-refractivity contribution in [3.63, 3.8) is 0 Å². The summed E-state index contributed by atoms with van der Waals surface area (Å²) in [6.45, 7) is 9.19. The van der Waals surface area contributed by atoms with Crippen LogP contribution in [0.15, 0.2) is 23.3 Å². The number of ether oxygens (including phenoxy) is 2. The van der Waals surface area contributed by atoms with Gasteiger partial charge in [0.05, 0.1) is 6.61 Å². The first-order chi connectivity index (χ1) is 10.2. The standard InChI is InChI=1S/C17H26O5/c1-11(2)15(12(3)4)7-6-14-8-17(9-18,22-16(14)20)10-21-13(5)19/h6-7,11-12,18H,8-10H2,1-5H3/b14-6+. The molecule has 0 aromatic carbocycles. The highest BCUT2D eigenvalue weighted by Crippen LogP contribution is 2.31. The minimum atomic E-state index is -1.15. The monoisotopic (exact) mass is 310 g/mol. The molecule has 0 amide bonds. The first-order valence-electron chi connectivity index (χ1n) is 7.59. The van der Waals surface area contributed by atoms with Crippen LogP contribution in [0.4, 0.5) is 0 Å². The molecule has 1 rings (SSSR count). The van der Waals surface area contributed by atoms with Gasteiger partial charge in [-0.05, 0) is 11.8 Å². The third-order valence-corrected chi connectivity index (χ3v) is 3.72. The van der Waals surface area contributed by atoms with Gasteiger partial charge in [-0.2, -0.15) is 0 Å². The molecule has 1 heterocycles. The number of carbonyl (C=O) groups is 2. The summed E-state index contributed by atoms with van der Waals surface area (Å²) in [6, 6.07) is 0. The lowest BCUT2D eigenvalue weighted by Gasteiger charge is -2.23. The molecule has 1 aliphatic heterocycles. The minimum absolute atomic E-state index is 0.132. The molecular formula is C17H26O5. The van der Waals surface area contributed by atoms with E-state index < -0.39 is 17.5 Å². The molecule has 0 bridgehead atoms. The average Bonchev–Trinajstić information content (AvgIpc) is 2.73. The van der Waals surface area contributed by atoms with Gasteiger partial charge in [0.1, 0.15) is 6.61 Å². The van der Waals surface area contributed by atoms with Crippen LogP contribution in [0.3, 0.4) is 0 Å². The van der Waals surface area contributed by atoms with Crippen LogP contribution in [0.25, 0.3) is 0 Å². The van der Waals surface area contributed by atoms with Gasteiger partial charge < -0.3 is 14.6 Å². The Labute approximate surface area is 132 Å². The smallest absolute Gasteiger partial charge is 0.334 e. The second-order valence-corrected chi connectivity index (χ2v) is 6.36. The maximum atomic E-state index is 12.0. The van der Waals surface area contributed by atoms with E-state index in [-0.39, 0.29) is 19.6 Å². The second-order valence-electron chi connectivity index (χ2n) is 6.36. The third-order valence-electron chi connectivity index (χ3n) is 3.72. The Balaban J connectivity index is 2.93. The van der Waals surface area contributed by atoms with E-state index in [0.29, 0.717) is 17.4 Å². The number of rotatable bonds is 6.